The number of hydrogen-bond acceptors (Lipinski definition) is 4. The first-order valence-corrected chi connectivity index (χ1v) is 10.3. The number of benzene rings is 1. The van der Waals surface area contributed by atoms with Gasteiger partial charge in [0.1, 0.15) is 0 Å². The van der Waals surface area contributed by atoms with Crippen LogP contribution in [0.3, 0.4) is 0 Å². The summed E-state index contributed by atoms with van der Waals surface area (Å²) in [6, 6.07) is 9.28. The number of urea groups is 1. The van der Waals surface area contributed by atoms with E-state index in [2.05, 4.69) is 51.6 Å². The van der Waals surface area contributed by atoms with E-state index in [-0.39, 0.29) is 12.6 Å². The minimum absolute atomic E-state index is 0.0757. The van der Waals surface area contributed by atoms with Crippen molar-refractivity contribution in [2.75, 3.05) is 39.3 Å². The average Bonchev–Trinajstić information content (AvgIpc) is 3.15. The molecule has 2 amide bonds. The second-order valence-electron chi connectivity index (χ2n) is 7.84. The van der Waals surface area contributed by atoms with Crippen LogP contribution in [0.25, 0.3) is 0 Å². The van der Waals surface area contributed by atoms with E-state index in [0.29, 0.717) is 25.2 Å². The van der Waals surface area contributed by atoms with Crippen LogP contribution in [0.15, 0.2) is 24.3 Å². The molecule has 1 aromatic carbocycles. The fourth-order valence-electron chi connectivity index (χ4n) is 4.23. The zero-order valence-electron chi connectivity index (χ0n) is 16.5. The third-order valence-electron chi connectivity index (χ3n) is 5.94. The molecule has 3 rings (SSSR count). The molecular formula is C21H34N4O2. The number of aliphatic hydroxyl groups is 1. The Morgan fingerprint density at radius 2 is 2.07 bits per heavy atom. The van der Waals surface area contributed by atoms with Crippen molar-refractivity contribution in [1.29, 1.82) is 0 Å². The Hall–Kier alpha value is -1.63. The van der Waals surface area contributed by atoms with Crippen LogP contribution in [-0.4, -0.2) is 72.4 Å². The molecule has 2 atom stereocenters. The molecule has 150 valence electrons. The van der Waals surface area contributed by atoms with Gasteiger partial charge in [0.15, 0.2) is 0 Å². The third kappa shape index (κ3) is 5.67. The zero-order valence-corrected chi connectivity index (χ0v) is 16.5. The SMILES string of the molecule is CC(CNC(=O)NCC1CCCN1CCCO)N1CCc2ccccc2C1. The quantitative estimate of drug-likeness (QED) is 0.646. The maximum atomic E-state index is 12.2. The highest BCUT2D eigenvalue weighted by atomic mass is 16.3. The van der Waals surface area contributed by atoms with Crippen LogP contribution in [0, 0.1) is 0 Å². The Bertz CT molecular complexity index is 610. The molecule has 0 radical (unpaired) electrons. The molecule has 2 unspecified atom stereocenters. The molecule has 6 heteroatoms. The fraction of sp³-hybridized carbons (Fsp3) is 0.667. The third-order valence-corrected chi connectivity index (χ3v) is 5.94. The van der Waals surface area contributed by atoms with Crippen molar-refractivity contribution >= 4 is 6.03 Å². The molecule has 27 heavy (non-hydrogen) atoms. The van der Waals surface area contributed by atoms with Crippen LogP contribution in [-0.2, 0) is 13.0 Å². The van der Waals surface area contributed by atoms with Gasteiger partial charge in [-0.25, -0.2) is 4.79 Å². The van der Waals surface area contributed by atoms with Crippen molar-refractivity contribution in [2.24, 2.45) is 0 Å². The average molecular weight is 375 g/mol. The predicted molar refractivity (Wildman–Crippen MR) is 108 cm³/mol. The van der Waals surface area contributed by atoms with E-state index < -0.39 is 0 Å². The fourth-order valence-corrected chi connectivity index (χ4v) is 4.23. The lowest BCUT2D eigenvalue weighted by Crippen LogP contribution is -2.48. The van der Waals surface area contributed by atoms with Gasteiger partial charge in [-0.1, -0.05) is 24.3 Å². The number of rotatable bonds is 8. The van der Waals surface area contributed by atoms with Gasteiger partial charge in [0.2, 0.25) is 0 Å². The molecule has 2 aliphatic rings. The molecule has 1 fully saturated rings. The number of amides is 2. The van der Waals surface area contributed by atoms with E-state index in [9.17, 15) is 4.79 Å². The summed E-state index contributed by atoms with van der Waals surface area (Å²) in [5.74, 6) is 0. The van der Waals surface area contributed by atoms with Crippen LogP contribution >= 0.6 is 0 Å². The first-order valence-electron chi connectivity index (χ1n) is 10.3. The van der Waals surface area contributed by atoms with Gasteiger partial charge in [-0.3, -0.25) is 9.80 Å². The molecule has 1 saturated heterocycles. The highest BCUT2D eigenvalue weighted by molar-refractivity contribution is 5.73. The summed E-state index contributed by atoms with van der Waals surface area (Å²) in [4.78, 5) is 17.0. The van der Waals surface area contributed by atoms with Gasteiger partial charge >= 0.3 is 6.03 Å². The standard InChI is InChI=1S/C21H34N4O2/c1-17(25-12-9-18-6-2-3-7-19(18)16-25)14-22-21(27)23-15-20-8-4-10-24(20)11-5-13-26/h2-3,6-7,17,20,26H,4-5,8-16H2,1H3,(H2,22,23,27). The monoisotopic (exact) mass is 374 g/mol. The first-order chi connectivity index (χ1) is 13.2. The van der Waals surface area contributed by atoms with E-state index in [1.165, 1.54) is 17.5 Å². The molecule has 0 bridgehead atoms. The summed E-state index contributed by atoms with van der Waals surface area (Å²) in [5, 5.41) is 15.1. The van der Waals surface area contributed by atoms with Gasteiger partial charge in [-0.05, 0) is 50.3 Å². The molecule has 0 spiro atoms. The van der Waals surface area contributed by atoms with Crippen LogP contribution in [0.2, 0.25) is 0 Å². The van der Waals surface area contributed by atoms with E-state index in [1.54, 1.807) is 0 Å². The molecule has 2 heterocycles. The number of carbonyl (C=O) groups is 1. The molecule has 0 aromatic heterocycles. The Balaban J connectivity index is 1.36. The Morgan fingerprint density at radius 3 is 2.89 bits per heavy atom. The van der Waals surface area contributed by atoms with E-state index >= 15 is 0 Å². The van der Waals surface area contributed by atoms with E-state index in [1.807, 2.05) is 0 Å². The summed E-state index contributed by atoms with van der Waals surface area (Å²) in [6.45, 7) is 7.75. The summed E-state index contributed by atoms with van der Waals surface area (Å²) >= 11 is 0. The van der Waals surface area contributed by atoms with Crippen molar-refractivity contribution in [2.45, 2.75) is 51.2 Å². The van der Waals surface area contributed by atoms with Gasteiger partial charge < -0.3 is 15.7 Å². The molecule has 0 aliphatic carbocycles. The predicted octanol–water partition coefficient (Wildman–Crippen LogP) is 1.58. The smallest absolute Gasteiger partial charge is 0.314 e. The highest BCUT2D eigenvalue weighted by Crippen LogP contribution is 2.20. The minimum atomic E-state index is -0.0757. The van der Waals surface area contributed by atoms with Crippen molar-refractivity contribution in [3.05, 3.63) is 35.4 Å². The number of hydrogen-bond donors (Lipinski definition) is 3. The number of nitrogens with one attached hydrogen (secondary N) is 2. The van der Waals surface area contributed by atoms with Crippen molar-refractivity contribution in [3.63, 3.8) is 0 Å². The van der Waals surface area contributed by atoms with Crippen LogP contribution in [0.4, 0.5) is 4.79 Å². The maximum Gasteiger partial charge on any atom is 0.314 e. The zero-order chi connectivity index (χ0) is 19.1. The first kappa shape index (κ1) is 20.1. The maximum absolute atomic E-state index is 12.2. The molecule has 0 saturated carbocycles. The van der Waals surface area contributed by atoms with Crippen molar-refractivity contribution < 1.29 is 9.90 Å². The van der Waals surface area contributed by atoms with Crippen molar-refractivity contribution in [3.8, 4) is 0 Å². The van der Waals surface area contributed by atoms with Crippen LogP contribution in [0.5, 0.6) is 0 Å². The van der Waals surface area contributed by atoms with Gasteiger partial charge in [0, 0.05) is 51.4 Å². The molecule has 3 N–H and O–H groups in total. The van der Waals surface area contributed by atoms with Gasteiger partial charge in [-0.2, -0.15) is 0 Å². The van der Waals surface area contributed by atoms with Gasteiger partial charge in [0.05, 0.1) is 0 Å². The lowest BCUT2D eigenvalue weighted by molar-refractivity contribution is 0.183. The number of nitrogens with zero attached hydrogens (tertiary/aromatic N) is 2. The van der Waals surface area contributed by atoms with Crippen molar-refractivity contribution in [1.82, 2.24) is 20.4 Å². The summed E-state index contributed by atoms with van der Waals surface area (Å²) in [5.41, 5.74) is 2.86. The second-order valence-corrected chi connectivity index (χ2v) is 7.84. The summed E-state index contributed by atoms with van der Waals surface area (Å²) in [7, 11) is 0. The Morgan fingerprint density at radius 1 is 1.26 bits per heavy atom. The lowest BCUT2D eigenvalue weighted by Gasteiger charge is -2.33. The van der Waals surface area contributed by atoms with Gasteiger partial charge in [0.25, 0.3) is 0 Å². The topological polar surface area (TPSA) is 67.8 Å². The molecule has 2 aliphatic heterocycles. The minimum Gasteiger partial charge on any atom is -0.396 e. The Kier molecular flexibility index (Phi) is 7.50. The molecular weight excluding hydrogens is 340 g/mol. The number of likely N-dealkylation sites (tertiary alicyclic amines) is 1. The summed E-state index contributed by atoms with van der Waals surface area (Å²) in [6.07, 6.45) is 4.18. The molecule has 6 nitrogen and oxygen atoms in total. The number of carbonyl (C=O) groups excluding carboxylic acids is 1. The van der Waals surface area contributed by atoms with E-state index in [0.717, 1.165) is 45.4 Å². The summed E-state index contributed by atoms with van der Waals surface area (Å²) < 4.78 is 0. The van der Waals surface area contributed by atoms with Crippen LogP contribution in [0.1, 0.15) is 37.3 Å². The second kappa shape index (κ2) is 10.1. The molecule has 1 aromatic rings. The number of fused-ring (bicyclic) bond motifs is 1. The van der Waals surface area contributed by atoms with Crippen LogP contribution < -0.4 is 10.6 Å². The highest BCUT2D eigenvalue weighted by Gasteiger charge is 2.24. The van der Waals surface area contributed by atoms with Gasteiger partial charge in [-0.15, -0.1) is 0 Å². The Labute approximate surface area is 162 Å². The largest absolute Gasteiger partial charge is 0.396 e. The van der Waals surface area contributed by atoms with E-state index in [4.69, 9.17) is 5.11 Å². The normalized spacial score (nSPS) is 21.6. The number of aliphatic hydroxyl groups excluding tert-OH is 1. The lowest BCUT2D eigenvalue weighted by atomic mass is 9.99.